The van der Waals surface area contributed by atoms with Gasteiger partial charge in [-0.1, -0.05) is 13.3 Å². The van der Waals surface area contributed by atoms with Gasteiger partial charge in [-0.05, 0) is 24.6 Å². The molecular formula is C14H18N3NaO2S. The number of aryl methyl sites for hydroxylation is 2. The molecule has 2 heterocycles. The summed E-state index contributed by atoms with van der Waals surface area (Å²) < 4.78 is 1.55. The van der Waals surface area contributed by atoms with E-state index >= 15 is 0 Å². The van der Waals surface area contributed by atoms with E-state index in [-0.39, 0.29) is 29.6 Å². The number of carboxylic acid groups (broad SMARTS) is 1. The number of aliphatic carboxylic acids is 1. The number of thiophene rings is 1. The van der Waals surface area contributed by atoms with E-state index in [1.165, 1.54) is 4.88 Å². The van der Waals surface area contributed by atoms with Crippen LogP contribution in [0.5, 0.6) is 0 Å². The molecule has 2 aromatic heterocycles. The normalized spacial score (nSPS) is 11.9. The van der Waals surface area contributed by atoms with Crippen LogP contribution in [0.15, 0.2) is 24.4 Å². The molecule has 2 aromatic rings. The van der Waals surface area contributed by atoms with Gasteiger partial charge in [-0.2, -0.15) is 5.10 Å². The molecule has 0 bridgehead atoms. The summed E-state index contributed by atoms with van der Waals surface area (Å²) in [5.74, 6) is -1.14. The Balaban J connectivity index is 0.00000220. The molecule has 1 atom stereocenters. The summed E-state index contributed by atoms with van der Waals surface area (Å²) in [5, 5.41) is 18.3. The third kappa shape index (κ3) is 4.93. The second-order valence-electron chi connectivity index (χ2n) is 4.63. The minimum absolute atomic E-state index is 0. The number of rotatable bonds is 7. The minimum atomic E-state index is -1.14. The summed E-state index contributed by atoms with van der Waals surface area (Å²) in [7, 11) is 1.72. The van der Waals surface area contributed by atoms with Crippen LogP contribution in [0.1, 0.15) is 34.8 Å². The summed E-state index contributed by atoms with van der Waals surface area (Å²) in [6, 6.07) is 4.98. The van der Waals surface area contributed by atoms with Crippen LogP contribution in [-0.2, 0) is 24.8 Å². The first-order valence-corrected chi connectivity index (χ1v) is 7.43. The number of carbonyl (C=O) groups excluding carboxylic acids is 1. The fourth-order valence-electron chi connectivity index (χ4n) is 2.08. The molecule has 5 nitrogen and oxygen atoms in total. The third-order valence-electron chi connectivity index (χ3n) is 3.08. The Bertz CT molecular complexity index is 582. The molecule has 1 unspecified atom stereocenters. The first-order chi connectivity index (χ1) is 9.61. The van der Waals surface area contributed by atoms with E-state index in [1.54, 1.807) is 35.3 Å². The van der Waals surface area contributed by atoms with E-state index in [2.05, 4.69) is 23.4 Å². The van der Waals surface area contributed by atoms with E-state index in [0.717, 1.165) is 17.7 Å². The van der Waals surface area contributed by atoms with Crippen LogP contribution in [0.4, 0.5) is 0 Å². The number of nitrogens with zero attached hydrogens (tertiary/aromatic N) is 2. The molecule has 0 aliphatic heterocycles. The van der Waals surface area contributed by atoms with Crippen LogP contribution < -0.4 is 40.0 Å². The molecule has 0 spiro atoms. The second-order valence-corrected chi connectivity index (χ2v) is 5.88. The maximum atomic E-state index is 11.3. The van der Waals surface area contributed by atoms with Gasteiger partial charge in [0.1, 0.15) is 0 Å². The molecule has 0 aliphatic carbocycles. The van der Waals surface area contributed by atoms with Gasteiger partial charge in [-0.3, -0.25) is 10.00 Å². The summed E-state index contributed by atoms with van der Waals surface area (Å²) in [4.78, 5) is 13.7. The Hall–Kier alpha value is -0.660. The van der Waals surface area contributed by atoms with Crippen molar-refractivity contribution in [3.63, 3.8) is 0 Å². The fraction of sp³-hybridized carbons (Fsp3) is 0.429. The van der Waals surface area contributed by atoms with Gasteiger partial charge in [0.05, 0.1) is 17.7 Å². The average molecular weight is 315 g/mol. The first-order valence-electron chi connectivity index (χ1n) is 6.61. The second kappa shape index (κ2) is 8.70. The molecule has 0 saturated heterocycles. The van der Waals surface area contributed by atoms with Gasteiger partial charge in [-0.15, -0.1) is 11.3 Å². The number of hydrogen-bond acceptors (Lipinski definition) is 5. The molecule has 21 heavy (non-hydrogen) atoms. The largest absolute Gasteiger partial charge is 1.00 e. The van der Waals surface area contributed by atoms with Crippen molar-refractivity contribution in [3.05, 3.63) is 39.8 Å². The van der Waals surface area contributed by atoms with E-state index in [4.69, 9.17) is 0 Å². The Morgan fingerprint density at radius 1 is 1.43 bits per heavy atom. The molecule has 2 rings (SSSR count). The fourth-order valence-corrected chi connectivity index (χ4v) is 3.15. The van der Waals surface area contributed by atoms with Crippen LogP contribution >= 0.6 is 11.3 Å². The standard InChI is InChI=1S/C14H19N3O2S.Na/c1-3-4-10-5-6-11(20-10)9-15-13(14(18)19)12-7-8-16-17(12)2;/h5-8,13,15H,3-4,9H2,1-2H3,(H,18,19);/q;+1/p-1. The number of nitrogens with one attached hydrogen (secondary N) is 1. The average Bonchev–Trinajstić information content (AvgIpc) is 3.00. The van der Waals surface area contributed by atoms with Crippen LogP contribution in [0.2, 0.25) is 0 Å². The molecule has 0 amide bonds. The van der Waals surface area contributed by atoms with Crippen molar-refractivity contribution in [2.75, 3.05) is 0 Å². The molecule has 7 heteroatoms. The monoisotopic (exact) mass is 315 g/mol. The number of aromatic nitrogens is 2. The van der Waals surface area contributed by atoms with Crippen molar-refractivity contribution >= 4 is 17.3 Å². The summed E-state index contributed by atoms with van der Waals surface area (Å²) in [6.07, 6.45) is 3.76. The molecule has 0 aromatic carbocycles. The van der Waals surface area contributed by atoms with Crippen molar-refractivity contribution in [2.45, 2.75) is 32.4 Å². The van der Waals surface area contributed by atoms with Gasteiger partial charge in [0, 0.05) is 29.5 Å². The van der Waals surface area contributed by atoms with E-state index in [1.807, 2.05) is 6.07 Å². The van der Waals surface area contributed by atoms with Crippen molar-refractivity contribution in [2.24, 2.45) is 7.05 Å². The van der Waals surface area contributed by atoms with Gasteiger partial charge in [0.25, 0.3) is 0 Å². The first kappa shape index (κ1) is 18.4. The molecule has 1 N–H and O–H groups in total. The van der Waals surface area contributed by atoms with Crippen LogP contribution in [0, 0.1) is 0 Å². The maximum Gasteiger partial charge on any atom is 1.00 e. The number of carboxylic acids is 1. The molecule has 0 fully saturated rings. The van der Waals surface area contributed by atoms with Crippen LogP contribution in [0.3, 0.4) is 0 Å². The SMILES string of the molecule is CCCc1ccc(CNC(C(=O)[O-])c2ccnn2C)s1.[Na+]. The summed E-state index contributed by atoms with van der Waals surface area (Å²) >= 11 is 1.71. The van der Waals surface area contributed by atoms with Crippen molar-refractivity contribution in [1.82, 2.24) is 15.1 Å². The van der Waals surface area contributed by atoms with Crippen LogP contribution in [0.25, 0.3) is 0 Å². The Kier molecular flexibility index (Phi) is 7.62. The predicted octanol–water partition coefficient (Wildman–Crippen LogP) is -1.98. The zero-order chi connectivity index (χ0) is 14.5. The molecule has 0 saturated carbocycles. The summed E-state index contributed by atoms with van der Waals surface area (Å²) in [6.45, 7) is 2.66. The van der Waals surface area contributed by atoms with Gasteiger partial charge >= 0.3 is 29.6 Å². The zero-order valence-electron chi connectivity index (χ0n) is 12.6. The van der Waals surface area contributed by atoms with Gasteiger partial charge in [0.15, 0.2) is 0 Å². The minimum Gasteiger partial charge on any atom is -0.548 e. The third-order valence-corrected chi connectivity index (χ3v) is 4.23. The Morgan fingerprint density at radius 3 is 2.71 bits per heavy atom. The van der Waals surface area contributed by atoms with E-state index < -0.39 is 12.0 Å². The van der Waals surface area contributed by atoms with E-state index in [0.29, 0.717) is 12.2 Å². The predicted molar refractivity (Wildman–Crippen MR) is 76.1 cm³/mol. The van der Waals surface area contributed by atoms with Gasteiger partial charge in [-0.25, -0.2) is 0 Å². The molecule has 108 valence electrons. The number of hydrogen-bond donors (Lipinski definition) is 1. The van der Waals surface area contributed by atoms with E-state index in [9.17, 15) is 9.90 Å². The van der Waals surface area contributed by atoms with Crippen molar-refractivity contribution < 1.29 is 39.5 Å². The quantitative estimate of drug-likeness (QED) is 0.601. The number of carbonyl (C=O) groups is 1. The summed E-state index contributed by atoms with van der Waals surface area (Å²) in [5.41, 5.74) is 0.593. The van der Waals surface area contributed by atoms with Crippen molar-refractivity contribution in [3.8, 4) is 0 Å². The molecule has 0 aliphatic rings. The van der Waals surface area contributed by atoms with Gasteiger partial charge < -0.3 is 9.90 Å². The Morgan fingerprint density at radius 2 is 2.14 bits per heavy atom. The van der Waals surface area contributed by atoms with Gasteiger partial charge in [0.2, 0.25) is 0 Å². The zero-order valence-corrected chi connectivity index (χ0v) is 15.4. The molecule has 0 radical (unpaired) electrons. The topological polar surface area (TPSA) is 70.0 Å². The van der Waals surface area contributed by atoms with Crippen molar-refractivity contribution in [1.29, 1.82) is 0 Å². The van der Waals surface area contributed by atoms with Crippen LogP contribution in [-0.4, -0.2) is 15.7 Å². The maximum absolute atomic E-state index is 11.3. The Labute approximate surface area is 150 Å². The smallest absolute Gasteiger partial charge is 0.548 e. The molecular weight excluding hydrogens is 297 g/mol.